The molecule has 1 aromatic heterocycles. The van der Waals surface area contributed by atoms with Crippen LogP contribution in [0.1, 0.15) is 39.0 Å². The van der Waals surface area contributed by atoms with E-state index in [0.29, 0.717) is 30.3 Å². The summed E-state index contributed by atoms with van der Waals surface area (Å²) in [7, 11) is 0. The van der Waals surface area contributed by atoms with Crippen LogP contribution in [-0.2, 0) is 6.42 Å². The molecule has 0 radical (unpaired) electrons. The monoisotopic (exact) mass is 398 g/mol. The number of likely N-dealkylation sites (tertiary alicyclic amines) is 1. The van der Waals surface area contributed by atoms with Crippen molar-refractivity contribution in [2.75, 3.05) is 19.8 Å². The summed E-state index contributed by atoms with van der Waals surface area (Å²) in [5, 5.41) is 24.9. The Hall–Kier alpha value is -2.58. The summed E-state index contributed by atoms with van der Waals surface area (Å²) < 4.78 is 5.89. The molecule has 0 aliphatic carbocycles. The fraction of sp³-hybridized carbons (Fsp3) is 0.400. The predicted octanol–water partition coefficient (Wildman–Crippen LogP) is 2.72. The maximum atomic E-state index is 12.9. The molecule has 8 heteroatoms. The molecule has 1 atom stereocenters. The van der Waals surface area contributed by atoms with E-state index in [2.05, 4.69) is 4.98 Å². The Kier molecular flexibility index (Phi) is 5.23. The third kappa shape index (κ3) is 3.22. The number of aliphatic hydroxyl groups excluding tert-OH is 1. The van der Waals surface area contributed by atoms with Crippen LogP contribution < -0.4 is 4.74 Å². The molecule has 0 bridgehead atoms. The lowest BCUT2D eigenvalue weighted by Gasteiger charge is -2.21. The first-order valence-corrected chi connectivity index (χ1v) is 10.2. The zero-order valence-corrected chi connectivity index (χ0v) is 16.2. The summed E-state index contributed by atoms with van der Waals surface area (Å²) in [6.45, 7) is 1.13. The average Bonchev–Trinajstić information content (AvgIpc) is 3.32. The van der Waals surface area contributed by atoms with Gasteiger partial charge in [-0.1, -0.05) is 6.07 Å². The van der Waals surface area contributed by atoms with Crippen molar-refractivity contribution in [3.8, 4) is 17.0 Å². The molecule has 4 rings (SSSR count). The van der Waals surface area contributed by atoms with Gasteiger partial charge in [0.05, 0.1) is 30.9 Å². The van der Waals surface area contributed by atoms with Crippen molar-refractivity contribution in [2.24, 2.45) is 0 Å². The highest BCUT2D eigenvalue weighted by atomic mass is 32.1. The third-order valence-corrected chi connectivity index (χ3v) is 6.42. The van der Waals surface area contributed by atoms with Crippen molar-refractivity contribution < 1.29 is 14.6 Å². The van der Waals surface area contributed by atoms with E-state index >= 15 is 0 Å². The summed E-state index contributed by atoms with van der Waals surface area (Å²) in [6.07, 6.45) is 4.86. The largest absolute Gasteiger partial charge is 0.492 e. The second-order valence-electron chi connectivity index (χ2n) is 6.98. The predicted molar refractivity (Wildman–Crippen MR) is 108 cm³/mol. The second-order valence-corrected chi connectivity index (χ2v) is 8.06. The van der Waals surface area contributed by atoms with Crippen molar-refractivity contribution in [1.29, 1.82) is 10.8 Å². The van der Waals surface area contributed by atoms with Crippen molar-refractivity contribution in [2.45, 2.75) is 31.2 Å². The number of thiazole rings is 1. The van der Waals surface area contributed by atoms with Gasteiger partial charge < -0.3 is 25.6 Å². The average molecular weight is 398 g/mol. The van der Waals surface area contributed by atoms with Gasteiger partial charge in [-0.2, -0.15) is 0 Å². The van der Waals surface area contributed by atoms with Crippen LogP contribution in [0.2, 0.25) is 0 Å². The van der Waals surface area contributed by atoms with Gasteiger partial charge in [0, 0.05) is 35.8 Å². The highest BCUT2D eigenvalue weighted by Gasteiger charge is 2.32. The van der Waals surface area contributed by atoms with Crippen LogP contribution in [0.5, 0.6) is 5.75 Å². The fourth-order valence-corrected chi connectivity index (χ4v) is 4.81. The Morgan fingerprint density at radius 3 is 3.00 bits per heavy atom. The molecule has 2 aliphatic heterocycles. The molecule has 0 saturated carbocycles. The van der Waals surface area contributed by atoms with E-state index in [1.165, 1.54) is 23.8 Å². The van der Waals surface area contributed by atoms with E-state index in [1.807, 2.05) is 18.2 Å². The number of nitrogens with zero attached hydrogens (tertiary/aromatic N) is 2. The molecule has 1 unspecified atom stereocenters. The minimum atomic E-state index is -0.380. The number of ether oxygens (including phenoxy) is 1. The summed E-state index contributed by atoms with van der Waals surface area (Å²) in [5.41, 5.74) is 2.43. The maximum absolute atomic E-state index is 12.9. The zero-order chi connectivity index (χ0) is 19.7. The van der Waals surface area contributed by atoms with Crippen LogP contribution in [0.15, 0.2) is 18.2 Å². The van der Waals surface area contributed by atoms with Gasteiger partial charge in [-0.3, -0.25) is 4.79 Å². The van der Waals surface area contributed by atoms with Crippen LogP contribution in [0.25, 0.3) is 11.3 Å². The normalized spacial score (nSPS) is 19.2. The van der Waals surface area contributed by atoms with Crippen molar-refractivity contribution in [3.63, 3.8) is 0 Å². The van der Waals surface area contributed by atoms with Crippen LogP contribution >= 0.6 is 11.3 Å². The number of nitrogens with one attached hydrogen (secondary N) is 2. The molecular weight excluding hydrogens is 376 g/mol. The quantitative estimate of drug-likeness (QED) is 0.673. The summed E-state index contributed by atoms with van der Waals surface area (Å²) in [5.74, 6) is 0.180. The van der Waals surface area contributed by atoms with Gasteiger partial charge in [0.1, 0.15) is 5.75 Å². The van der Waals surface area contributed by atoms with E-state index in [1.54, 1.807) is 4.90 Å². The highest BCUT2D eigenvalue weighted by molar-refractivity contribution is 7.14. The first kappa shape index (κ1) is 18.8. The summed E-state index contributed by atoms with van der Waals surface area (Å²) >= 11 is 1.40. The molecule has 3 N–H and O–H groups in total. The van der Waals surface area contributed by atoms with Gasteiger partial charge >= 0.3 is 0 Å². The van der Waals surface area contributed by atoms with Gasteiger partial charge in [0.2, 0.25) is 0 Å². The molecule has 2 aromatic rings. The Morgan fingerprint density at radius 2 is 2.25 bits per heavy atom. The molecular formula is C20H22N4O3S. The zero-order valence-electron chi connectivity index (χ0n) is 15.4. The van der Waals surface area contributed by atoms with Crippen molar-refractivity contribution >= 4 is 29.7 Å². The Morgan fingerprint density at radius 1 is 1.43 bits per heavy atom. The Bertz CT molecular complexity index is 918. The highest BCUT2D eigenvalue weighted by Crippen LogP contribution is 2.39. The van der Waals surface area contributed by atoms with Gasteiger partial charge in [-0.05, 0) is 30.5 Å². The number of fused-ring (bicyclic) bond motifs is 3. The first-order chi connectivity index (χ1) is 13.7. The van der Waals surface area contributed by atoms with Crippen LogP contribution in [0.4, 0.5) is 0 Å². The Balaban J connectivity index is 1.69. The number of benzene rings is 1. The smallest absolute Gasteiger partial charge is 0.283 e. The number of rotatable bonds is 5. The summed E-state index contributed by atoms with van der Waals surface area (Å²) in [6, 6.07) is 5.51. The molecule has 3 heterocycles. The Labute approximate surface area is 167 Å². The van der Waals surface area contributed by atoms with Crippen LogP contribution in [-0.4, -0.2) is 59.1 Å². The standard InChI is InChI=1S/C20H22N4O3S/c21-9-13(10-22)12-3-4-15-16(8-12)27-7-5-17-18(15)23-19(28-17)20(26)24-6-1-2-14(24)11-25/h3-4,8-10,13-14,21-22,25H,1-2,5-7,11H2. The lowest BCUT2D eigenvalue weighted by Crippen LogP contribution is -2.37. The fourth-order valence-electron chi connectivity index (χ4n) is 3.79. The minimum Gasteiger partial charge on any atom is -0.492 e. The number of hydrogen-bond donors (Lipinski definition) is 3. The first-order valence-electron chi connectivity index (χ1n) is 9.36. The van der Waals surface area contributed by atoms with Gasteiger partial charge in [0.25, 0.3) is 5.91 Å². The van der Waals surface area contributed by atoms with E-state index in [9.17, 15) is 9.90 Å². The van der Waals surface area contributed by atoms with Crippen LogP contribution in [0.3, 0.4) is 0 Å². The molecule has 1 fully saturated rings. The van der Waals surface area contributed by atoms with E-state index < -0.39 is 0 Å². The summed E-state index contributed by atoms with van der Waals surface area (Å²) in [4.78, 5) is 20.3. The molecule has 146 valence electrons. The second kappa shape index (κ2) is 7.81. The van der Waals surface area contributed by atoms with Crippen molar-refractivity contribution in [1.82, 2.24) is 9.88 Å². The molecule has 1 amide bonds. The molecule has 7 nitrogen and oxygen atoms in total. The molecule has 1 aromatic carbocycles. The van der Waals surface area contributed by atoms with Crippen LogP contribution in [0, 0.1) is 10.8 Å². The minimum absolute atomic E-state index is 0.0164. The third-order valence-electron chi connectivity index (χ3n) is 5.32. The molecule has 2 aliphatic rings. The number of carbonyl (C=O) groups excluding carboxylic acids is 1. The van der Waals surface area contributed by atoms with E-state index in [0.717, 1.165) is 34.5 Å². The molecule has 1 saturated heterocycles. The van der Waals surface area contributed by atoms with E-state index in [-0.39, 0.29) is 24.5 Å². The maximum Gasteiger partial charge on any atom is 0.283 e. The SMILES string of the molecule is N=CC(C=N)c1ccc2c(c1)OCCc1sc(C(=O)N3CCCC3CO)nc1-2. The number of amides is 1. The number of hydrogen-bond acceptors (Lipinski definition) is 7. The lowest BCUT2D eigenvalue weighted by atomic mass is 9.98. The molecule has 0 spiro atoms. The number of carbonyl (C=O) groups is 1. The number of aromatic nitrogens is 1. The topological polar surface area (TPSA) is 110 Å². The van der Waals surface area contributed by atoms with Gasteiger partial charge in [0.15, 0.2) is 5.01 Å². The van der Waals surface area contributed by atoms with Crippen molar-refractivity contribution in [3.05, 3.63) is 33.6 Å². The van der Waals surface area contributed by atoms with Gasteiger partial charge in [-0.25, -0.2) is 4.98 Å². The van der Waals surface area contributed by atoms with E-state index in [4.69, 9.17) is 15.6 Å². The number of aliphatic hydroxyl groups is 1. The van der Waals surface area contributed by atoms with Gasteiger partial charge in [-0.15, -0.1) is 11.3 Å². The lowest BCUT2D eigenvalue weighted by molar-refractivity contribution is 0.0677. The molecule has 28 heavy (non-hydrogen) atoms.